The molecule has 4 heteroatoms. The molecule has 0 fully saturated rings. The van der Waals surface area contributed by atoms with Gasteiger partial charge in [0, 0.05) is 10.6 Å². The Balaban J connectivity index is 2.09. The standard InChI is InChI=1S/C18H14ClNO2/c1-12-17(10-20-22-12)18(11-21)15-7-14(8-16(19)9-15)13-5-3-2-4-6-13/h2-11,18H,1H3. The van der Waals surface area contributed by atoms with Crippen LogP contribution < -0.4 is 0 Å². The van der Waals surface area contributed by atoms with E-state index in [0.717, 1.165) is 28.5 Å². The number of halogens is 1. The number of carbonyl (C=O) groups is 1. The predicted octanol–water partition coefficient (Wildman–Crippen LogP) is 4.63. The molecule has 0 aliphatic rings. The number of benzene rings is 2. The highest BCUT2D eigenvalue weighted by Gasteiger charge is 2.19. The van der Waals surface area contributed by atoms with Crippen molar-refractivity contribution in [2.75, 3.05) is 0 Å². The van der Waals surface area contributed by atoms with Gasteiger partial charge in [0.25, 0.3) is 0 Å². The van der Waals surface area contributed by atoms with Crippen LogP contribution in [0.5, 0.6) is 0 Å². The fourth-order valence-corrected chi connectivity index (χ4v) is 2.77. The quantitative estimate of drug-likeness (QED) is 0.659. The van der Waals surface area contributed by atoms with Crippen molar-refractivity contribution in [3.8, 4) is 11.1 Å². The van der Waals surface area contributed by atoms with Crippen molar-refractivity contribution < 1.29 is 9.32 Å². The van der Waals surface area contributed by atoms with E-state index in [1.807, 2.05) is 42.5 Å². The van der Waals surface area contributed by atoms with Crippen molar-refractivity contribution in [3.05, 3.63) is 76.6 Å². The smallest absolute Gasteiger partial charge is 0.137 e. The van der Waals surface area contributed by atoms with Gasteiger partial charge in [-0.2, -0.15) is 0 Å². The molecule has 22 heavy (non-hydrogen) atoms. The molecule has 0 saturated carbocycles. The van der Waals surface area contributed by atoms with E-state index in [0.29, 0.717) is 10.8 Å². The van der Waals surface area contributed by atoms with E-state index >= 15 is 0 Å². The normalized spacial score (nSPS) is 12.1. The molecule has 3 rings (SSSR count). The van der Waals surface area contributed by atoms with Crippen LogP contribution >= 0.6 is 11.6 Å². The van der Waals surface area contributed by atoms with Gasteiger partial charge in [-0.05, 0) is 41.8 Å². The van der Waals surface area contributed by atoms with Gasteiger partial charge in [-0.3, -0.25) is 0 Å². The third-order valence-corrected chi connectivity index (χ3v) is 3.86. The Kier molecular flexibility index (Phi) is 4.07. The molecule has 3 aromatic rings. The fourth-order valence-electron chi connectivity index (χ4n) is 2.53. The van der Waals surface area contributed by atoms with E-state index in [1.165, 1.54) is 0 Å². The summed E-state index contributed by atoms with van der Waals surface area (Å²) in [5.74, 6) is 0.200. The van der Waals surface area contributed by atoms with Crippen LogP contribution in [-0.2, 0) is 4.79 Å². The molecule has 1 aromatic heterocycles. The Bertz CT molecular complexity index is 796. The van der Waals surface area contributed by atoms with E-state index in [9.17, 15) is 4.79 Å². The second-order valence-electron chi connectivity index (χ2n) is 5.09. The minimum atomic E-state index is -0.438. The monoisotopic (exact) mass is 311 g/mol. The summed E-state index contributed by atoms with van der Waals surface area (Å²) in [4.78, 5) is 11.6. The zero-order chi connectivity index (χ0) is 15.5. The van der Waals surface area contributed by atoms with Crippen molar-refractivity contribution in [2.24, 2.45) is 0 Å². The number of carbonyl (C=O) groups excluding carboxylic acids is 1. The first-order valence-corrected chi connectivity index (χ1v) is 7.29. The topological polar surface area (TPSA) is 43.1 Å². The van der Waals surface area contributed by atoms with Crippen LogP contribution in [0, 0.1) is 6.92 Å². The molecular weight excluding hydrogens is 298 g/mol. The first-order chi connectivity index (χ1) is 10.7. The fraction of sp³-hybridized carbons (Fsp3) is 0.111. The third-order valence-electron chi connectivity index (χ3n) is 3.65. The van der Waals surface area contributed by atoms with Gasteiger partial charge in [0.05, 0.1) is 12.1 Å². The maximum absolute atomic E-state index is 11.6. The Morgan fingerprint density at radius 3 is 2.55 bits per heavy atom. The highest BCUT2D eigenvalue weighted by Crippen LogP contribution is 2.31. The van der Waals surface area contributed by atoms with Crippen LogP contribution in [0.1, 0.15) is 22.8 Å². The molecule has 0 saturated heterocycles. The molecule has 2 aromatic carbocycles. The predicted molar refractivity (Wildman–Crippen MR) is 86.0 cm³/mol. The number of nitrogens with zero attached hydrogens (tertiary/aromatic N) is 1. The molecule has 0 spiro atoms. The lowest BCUT2D eigenvalue weighted by Crippen LogP contribution is -2.03. The van der Waals surface area contributed by atoms with Gasteiger partial charge >= 0.3 is 0 Å². The van der Waals surface area contributed by atoms with E-state index in [4.69, 9.17) is 16.1 Å². The zero-order valence-electron chi connectivity index (χ0n) is 12.0. The van der Waals surface area contributed by atoms with Crippen LogP contribution in [-0.4, -0.2) is 11.4 Å². The maximum Gasteiger partial charge on any atom is 0.137 e. The lowest BCUT2D eigenvalue weighted by Gasteiger charge is -2.12. The lowest BCUT2D eigenvalue weighted by molar-refractivity contribution is -0.108. The summed E-state index contributed by atoms with van der Waals surface area (Å²) in [7, 11) is 0. The highest BCUT2D eigenvalue weighted by atomic mass is 35.5. The van der Waals surface area contributed by atoms with Crippen molar-refractivity contribution >= 4 is 17.9 Å². The Hall–Kier alpha value is -2.39. The van der Waals surface area contributed by atoms with Crippen LogP contribution in [0.15, 0.2) is 59.3 Å². The van der Waals surface area contributed by atoms with Crippen molar-refractivity contribution in [1.82, 2.24) is 5.16 Å². The van der Waals surface area contributed by atoms with Gasteiger partial charge in [-0.25, -0.2) is 0 Å². The van der Waals surface area contributed by atoms with Gasteiger partial charge in [0.2, 0.25) is 0 Å². The van der Waals surface area contributed by atoms with E-state index in [2.05, 4.69) is 5.16 Å². The van der Waals surface area contributed by atoms with Gasteiger partial charge in [-0.15, -0.1) is 0 Å². The molecule has 1 heterocycles. The Labute approximate surface area is 133 Å². The average molecular weight is 312 g/mol. The molecule has 0 bridgehead atoms. The number of hydrogen-bond donors (Lipinski definition) is 0. The minimum Gasteiger partial charge on any atom is -0.361 e. The van der Waals surface area contributed by atoms with E-state index < -0.39 is 5.92 Å². The summed E-state index contributed by atoms with van der Waals surface area (Å²) < 4.78 is 5.07. The van der Waals surface area contributed by atoms with Gasteiger partial charge < -0.3 is 9.32 Å². The van der Waals surface area contributed by atoms with Crippen molar-refractivity contribution in [2.45, 2.75) is 12.8 Å². The summed E-state index contributed by atoms with van der Waals surface area (Å²) in [5.41, 5.74) is 3.62. The van der Waals surface area contributed by atoms with Crippen molar-refractivity contribution in [1.29, 1.82) is 0 Å². The van der Waals surface area contributed by atoms with E-state index in [-0.39, 0.29) is 0 Å². The second kappa shape index (κ2) is 6.16. The summed E-state index contributed by atoms with van der Waals surface area (Å²) in [6.07, 6.45) is 2.47. The average Bonchev–Trinajstić information content (AvgIpc) is 2.95. The van der Waals surface area contributed by atoms with Crippen LogP contribution in [0.25, 0.3) is 11.1 Å². The lowest BCUT2D eigenvalue weighted by atomic mass is 9.91. The van der Waals surface area contributed by atoms with Gasteiger partial charge in [0.15, 0.2) is 0 Å². The second-order valence-corrected chi connectivity index (χ2v) is 5.53. The number of aryl methyl sites for hydroxylation is 1. The van der Waals surface area contributed by atoms with Crippen LogP contribution in [0.2, 0.25) is 5.02 Å². The van der Waals surface area contributed by atoms with E-state index in [1.54, 1.807) is 19.2 Å². The molecule has 110 valence electrons. The van der Waals surface area contributed by atoms with Crippen LogP contribution in [0.4, 0.5) is 0 Å². The molecule has 1 unspecified atom stereocenters. The molecule has 3 nitrogen and oxygen atoms in total. The molecule has 0 aliphatic heterocycles. The maximum atomic E-state index is 11.6. The molecule has 0 aliphatic carbocycles. The minimum absolute atomic E-state index is 0.438. The summed E-state index contributed by atoms with van der Waals surface area (Å²) >= 11 is 6.25. The third kappa shape index (κ3) is 2.81. The van der Waals surface area contributed by atoms with Crippen molar-refractivity contribution in [3.63, 3.8) is 0 Å². The zero-order valence-corrected chi connectivity index (χ0v) is 12.7. The molecule has 0 amide bonds. The molecular formula is C18H14ClNO2. The summed E-state index contributed by atoms with van der Waals surface area (Å²) in [6.45, 7) is 1.79. The molecule has 1 atom stereocenters. The number of rotatable bonds is 4. The van der Waals surface area contributed by atoms with Crippen LogP contribution in [0.3, 0.4) is 0 Å². The van der Waals surface area contributed by atoms with Gasteiger partial charge in [0.1, 0.15) is 12.0 Å². The Morgan fingerprint density at radius 2 is 1.91 bits per heavy atom. The largest absolute Gasteiger partial charge is 0.361 e. The number of aldehydes is 1. The molecule has 0 radical (unpaired) electrons. The number of hydrogen-bond acceptors (Lipinski definition) is 3. The summed E-state index contributed by atoms with van der Waals surface area (Å²) in [5, 5.41) is 4.35. The highest BCUT2D eigenvalue weighted by molar-refractivity contribution is 6.31. The first-order valence-electron chi connectivity index (χ1n) is 6.91. The molecule has 0 N–H and O–H groups in total. The SMILES string of the molecule is Cc1oncc1C(C=O)c1cc(Cl)cc(-c2ccccc2)c1. The summed E-state index contributed by atoms with van der Waals surface area (Å²) in [6, 6.07) is 15.6. The van der Waals surface area contributed by atoms with Gasteiger partial charge in [-0.1, -0.05) is 47.1 Å². The Morgan fingerprint density at radius 1 is 1.14 bits per heavy atom. The first kappa shape index (κ1) is 14.5. The number of aromatic nitrogens is 1.